The Labute approximate surface area is 127 Å². The third kappa shape index (κ3) is 2.57. The van der Waals surface area contributed by atoms with Gasteiger partial charge in [-0.1, -0.05) is 42.4 Å². The Hall–Kier alpha value is -2.70. The number of rotatable bonds is 3. The van der Waals surface area contributed by atoms with Gasteiger partial charge in [-0.2, -0.15) is 4.98 Å². The van der Waals surface area contributed by atoms with Crippen molar-refractivity contribution in [2.45, 2.75) is 19.4 Å². The van der Waals surface area contributed by atoms with E-state index in [0.717, 1.165) is 5.56 Å². The molecule has 1 aromatic heterocycles. The second-order valence-electron chi connectivity index (χ2n) is 5.00. The van der Waals surface area contributed by atoms with E-state index in [9.17, 15) is 9.59 Å². The summed E-state index contributed by atoms with van der Waals surface area (Å²) in [6, 6.07) is 8.77. The normalized spacial score (nSPS) is 18.1. The van der Waals surface area contributed by atoms with Gasteiger partial charge < -0.3 is 14.7 Å². The van der Waals surface area contributed by atoms with E-state index in [1.165, 1.54) is 4.90 Å². The van der Waals surface area contributed by atoms with Crippen molar-refractivity contribution in [1.82, 2.24) is 20.4 Å². The molecule has 1 unspecified atom stereocenters. The van der Waals surface area contributed by atoms with Crippen LogP contribution in [-0.4, -0.2) is 46.0 Å². The van der Waals surface area contributed by atoms with Crippen molar-refractivity contribution in [3.05, 3.63) is 36.2 Å². The molecule has 1 fully saturated rings. The highest BCUT2D eigenvalue weighted by molar-refractivity contribution is 5.95. The van der Waals surface area contributed by atoms with Crippen LogP contribution in [0, 0.1) is 0 Å². The van der Waals surface area contributed by atoms with E-state index >= 15 is 0 Å². The predicted molar refractivity (Wildman–Crippen MR) is 77.9 cm³/mol. The van der Waals surface area contributed by atoms with Gasteiger partial charge in [-0.05, 0) is 6.42 Å². The number of aromatic nitrogens is 2. The van der Waals surface area contributed by atoms with Gasteiger partial charge in [-0.15, -0.1) is 0 Å². The number of piperazine rings is 1. The lowest BCUT2D eigenvalue weighted by atomic mass is 10.1. The van der Waals surface area contributed by atoms with Gasteiger partial charge >= 0.3 is 11.8 Å². The number of hydrogen-bond acceptors (Lipinski definition) is 5. The Bertz CT molecular complexity index is 683. The van der Waals surface area contributed by atoms with Gasteiger partial charge in [0.15, 0.2) is 0 Å². The van der Waals surface area contributed by atoms with Crippen LogP contribution in [0.1, 0.15) is 24.0 Å². The van der Waals surface area contributed by atoms with Crippen LogP contribution >= 0.6 is 0 Å². The molecule has 2 heterocycles. The van der Waals surface area contributed by atoms with Gasteiger partial charge in [0, 0.05) is 18.7 Å². The number of carbonyl (C=O) groups is 2. The van der Waals surface area contributed by atoms with Crippen molar-refractivity contribution >= 4 is 11.8 Å². The minimum atomic E-state index is -0.492. The summed E-state index contributed by atoms with van der Waals surface area (Å²) in [7, 11) is 0. The number of benzene rings is 1. The number of nitrogens with zero attached hydrogens (tertiary/aromatic N) is 3. The maximum Gasteiger partial charge on any atom is 0.316 e. The maximum atomic E-state index is 12.5. The van der Waals surface area contributed by atoms with Crippen LogP contribution in [0.4, 0.5) is 0 Å². The lowest BCUT2D eigenvalue weighted by Gasteiger charge is -2.33. The Morgan fingerprint density at radius 2 is 2.18 bits per heavy atom. The number of amides is 2. The lowest BCUT2D eigenvalue weighted by molar-refractivity contribution is -0.127. The summed E-state index contributed by atoms with van der Waals surface area (Å²) < 4.78 is 5.08. The van der Waals surface area contributed by atoms with Crippen LogP contribution in [0.3, 0.4) is 0 Å². The fourth-order valence-corrected chi connectivity index (χ4v) is 2.50. The highest BCUT2D eigenvalue weighted by atomic mass is 16.5. The van der Waals surface area contributed by atoms with Crippen LogP contribution in [0.2, 0.25) is 0 Å². The molecule has 1 N–H and O–H groups in total. The summed E-state index contributed by atoms with van der Waals surface area (Å²) in [5.41, 5.74) is 0.772. The Balaban J connectivity index is 1.83. The second-order valence-corrected chi connectivity index (χ2v) is 5.00. The van der Waals surface area contributed by atoms with E-state index < -0.39 is 11.9 Å². The zero-order chi connectivity index (χ0) is 15.5. The smallest absolute Gasteiger partial charge is 0.316 e. The molecule has 114 valence electrons. The van der Waals surface area contributed by atoms with Gasteiger partial charge in [0.05, 0.1) is 0 Å². The molecule has 7 nitrogen and oxygen atoms in total. The summed E-state index contributed by atoms with van der Waals surface area (Å²) in [6.07, 6.45) is 0.539. The standard InChI is InChI=1S/C15H16N4O3/c1-2-11-13(20)16-8-9-19(11)15(21)14-17-12(18-22-14)10-6-4-3-5-7-10/h3-7,11H,2,8-9H2,1H3,(H,16,20). The monoisotopic (exact) mass is 300 g/mol. The van der Waals surface area contributed by atoms with Crippen molar-refractivity contribution in [3.63, 3.8) is 0 Å². The lowest BCUT2D eigenvalue weighted by Crippen LogP contribution is -2.56. The van der Waals surface area contributed by atoms with Crippen LogP contribution < -0.4 is 5.32 Å². The first-order valence-corrected chi connectivity index (χ1v) is 7.18. The van der Waals surface area contributed by atoms with Crippen LogP contribution in [-0.2, 0) is 4.79 Å². The molecular formula is C15H16N4O3. The molecule has 1 aliphatic heterocycles. The molecule has 2 amide bonds. The summed E-state index contributed by atoms with van der Waals surface area (Å²) in [5.74, 6) is -0.285. The molecule has 1 atom stereocenters. The summed E-state index contributed by atoms with van der Waals surface area (Å²) >= 11 is 0. The highest BCUT2D eigenvalue weighted by Crippen LogP contribution is 2.17. The first-order chi connectivity index (χ1) is 10.7. The van der Waals surface area contributed by atoms with Crippen molar-refractivity contribution < 1.29 is 14.1 Å². The van der Waals surface area contributed by atoms with Crippen LogP contribution in [0.5, 0.6) is 0 Å². The predicted octanol–water partition coefficient (Wildman–Crippen LogP) is 1.09. The van der Waals surface area contributed by atoms with Gasteiger partial charge in [-0.3, -0.25) is 9.59 Å². The number of carbonyl (C=O) groups excluding carboxylic acids is 2. The first-order valence-electron chi connectivity index (χ1n) is 7.18. The zero-order valence-electron chi connectivity index (χ0n) is 12.2. The van der Waals surface area contributed by atoms with E-state index in [2.05, 4.69) is 15.5 Å². The van der Waals surface area contributed by atoms with E-state index in [-0.39, 0.29) is 11.8 Å². The SMILES string of the molecule is CCC1C(=O)NCCN1C(=O)c1nc(-c2ccccc2)no1. The van der Waals surface area contributed by atoms with Gasteiger partial charge in [0.25, 0.3) is 0 Å². The molecule has 3 rings (SSSR count). The van der Waals surface area contributed by atoms with Gasteiger partial charge in [0.1, 0.15) is 6.04 Å². The summed E-state index contributed by atoms with van der Waals surface area (Å²) in [6.45, 7) is 2.73. The number of nitrogens with one attached hydrogen (secondary N) is 1. The Kier molecular flexibility index (Phi) is 3.86. The largest absolute Gasteiger partial charge is 0.353 e. The minimum Gasteiger partial charge on any atom is -0.353 e. The molecule has 0 bridgehead atoms. The minimum absolute atomic E-state index is 0.0907. The maximum absolute atomic E-state index is 12.5. The molecule has 1 aromatic carbocycles. The molecule has 1 aliphatic rings. The fourth-order valence-electron chi connectivity index (χ4n) is 2.50. The van der Waals surface area contributed by atoms with E-state index in [1.54, 1.807) is 0 Å². The molecule has 22 heavy (non-hydrogen) atoms. The Morgan fingerprint density at radius 1 is 1.41 bits per heavy atom. The van der Waals surface area contributed by atoms with Crippen LogP contribution in [0.15, 0.2) is 34.9 Å². The van der Waals surface area contributed by atoms with E-state index in [4.69, 9.17) is 4.52 Å². The first kappa shape index (κ1) is 14.2. The molecule has 0 aliphatic carbocycles. The molecule has 7 heteroatoms. The van der Waals surface area contributed by atoms with Gasteiger partial charge in [0.2, 0.25) is 11.7 Å². The number of hydrogen-bond donors (Lipinski definition) is 1. The van der Waals surface area contributed by atoms with Crippen molar-refractivity contribution in [3.8, 4) is 11.4 Å². The van der Waals surface area contributed by atoms with Crippen molar-refractivity contribution in [2.75, 3.05) is 13.1 Å². The van der Waals surface area contributed by atoms with Crippen molar-refractivity contribution in [2.24, 2.45) is 0 Å². The molecular weight excluding hydrogens is 284 g/mol. The van der Waals surface area contributed by atoms with E-state index in [0.29, 0.717) is 25.3 Å². The third-order valence-corrected chi connectivity index (χ3v) is 3.62. The quantitative estimate of drug-likeness (QED) is 0.916. The third-order valence-electron chi connectivity index (χ3n) is 3.62. The Morgan fingerprint density at radius 3 is 2.91 bits per heavy atom. The average molecular weight is 300 g/mol. The van der Waals surface area contributed by atoms with E-state index in [1.807, 2.05) is 37.3 Å². The molecule has 1 saturated heterocycles. The summed E-state index contributed by atoms with van der Waals surface area (Å²) in [4.78, 5) is 30.0. The van der Waals surface area contributed by atoms with Gasteiger partial charge in [-0.25, -0.2) is 0 Å². The van der Waals surface area contributed by atoms with Crippen molar-refractivity contribution in [1.29, 1.82) is 0 Å². The topological polar surface area (TPSA) is 88.3 Å². The zero-order valence-corrected chi connectivity index (χ0v) is 12.2. The highest BCUT2D eigenvalue weighted by Gasteiger charge is 2.34. The second kappa shape index (κ2) is 5.97. The molecule has 0 radical (unpaired) electrons. The van der Waals surface area contributed by atoms with Crippen LogP contribution in [0.25, 0.3) is 11.4 Å². The molecule has 2 aromatic rings. The summed E-state index contributed by atoms with van der Waals surface area (Å²) in [5, 5.41) is 6.59. The average Bonchev–Trinajstić information content (AvgIpc) is 3.05. The molecule has 0 spiro atoms. The molecule has 0 saturated carbocycles. The fraction of sp³-hybridized carbons (Fsp3) is 0.333.